The van der Waals surface area contributed by atoms with Crippen LogP contribution >= 0.6 is 0 Å². The van der Waals surface area contributed by atoms with Gasteiger partial charge in [-0.05, 0) is 25.3 Å². The van der Waals surface area contributed by atoms with Crippen LogP contribution in [0, 0.1) is 6.92 Å². The molecule has 0 atom stereocenters. The second-order valence-electron chi connectivity index (χ2n) is 4.18. The van der Waals surface area contributed by atoms with E-state index >= 15 is 0 Å². The lowest BCUT2D eigenvalue weighted by molar-refractivity contribution is 0.341. The third-order valence-corrected chi connectivity index (χ3v) is 2.80. The highest BCUT2D eigenvalue weighted by Gasteiger charge is 2.06. The van der Waals surface area contributed by atoms with Crippen molar-refractivity contribution in [2.24, 2.45) is 0 Å². The van der Waals surface area contributed by atoms with E-state index in [1.165, 1.54) is 19.8 Å². The number of hydrogen-bond donors (Lipinski definition) is 2. The van der Waals surface area contributed by atoms with Gasteiger partial charge in [-0.3, -0.25) is 5.10 Å². The third kappa shape index (κ3) is 3.56. The number of H-pyrrole nitrogens is 1. The molecule has 0 aromatic carbocycles. The summed E-state index contributed by atoms with van der Waals surface area (Å²) in [7, 11) is 3.00. The van der Waals surface area contributed by atoms with Crippen molar-refractivity contribution in [2.45, 2.75) is 19.8 Å². The molecule has 2 N–H and O–H groups in total. The molecule has 2 aromatic rings. The molecule has 0 radical (unpaired) electrons. The van der Waals surface area contributed by atoms with Gasteiger partial charge in [0.25, 0.3) is 0 Å². The smallest absolute Gasteiger partial charge is 0.324 e. The number of aromatic amines is 1. The van der Waals surface area contributed by atoms with Gasteiger partial charge in [-0.25, -0.2) is 0 Å². The fraction of sp³-hybridized carbons (Fsp3) is 0.500. The van der Waals surface area contributed by atoms with E-state index in [0.717, 1.165) is 25.1 Å². The van der Waals surface area contributed by atoms with Crippen LogP contribution in [-0.2, 0) is 6.42 Å². The molecule has 0 aliphatic rings. The number of ether oxygens (including phenoxy) is 2. The van der Waals surface area contributed by atoms with Gasteiger partial charge < -0.3 is 14.8 Å². The fourth-order valence-electron chi connectivity index (χ4n) is 1.71. The summed E-state index contributed by atoms with van der Waals surface area (Å²) in [5, 5.41) is 10.0. The standard InChI is InChI=1S/C12H18N6O2/c1-8-9(7-14-18-8)5-4-6-13-10-15-11(19-2)17-12(16-10)20-3/h7H,4-6H2,1-3H3,(H,14,18)(H,13,15,16,17). The number of aromatic nitrogens is 5. The molecule has 0 amide bonds. The first-order chi connectivity index (χ1) is 9.72. The van der Waals surface area contributed by atoms with Crippen LogP contribution in [0.15, 0.2) is 6.20 Å². The van der Waals surface area contributed by atoms with Gasteiger partial charge in [0.2, 0.25) is 5.95 Å². The molecule has 0 saturated heterocycles. The average molecular weight is 278 g/mol. The summed E-state index contributed by atoms with van der Waals surface area (Å²) in [6.45, 7) is 2.75. The Balaban J connectivity index is 1.86. The highest BCUT2D eigenvalue weighted by molar-refractivity contribution is 5.27. The minimum atomic E-state index is 0.227. The highest BCUT2D eigenvalue weighted by Crippen LogP contribution is 2.12. The Bertz CT molecular complexity index is 534. The zero-order valence-corrected chi connectivity index (χ0v) is 11.8. The molecule has 8 heteroatoms. The minimum absolute atomic E-state index is 0.227. The summed E-state index contributed by atoms with van der Waals surface area (Å²) >= 11 is 0. The molecular formula is C12H18N6O2. The maximum Gasteiger partial charge on any atom is 0.324 e. The molecule has 8 nitrogen and oxygen atoms in total. The van der Waals surface area contributed by atoms with Crippen molar-refractivity contribution in [2.75, 3.05) is 26.1 Å². The maximum atomic E-state index is 4.98. The van der Waals surface area contributed by atoms with Gasteiger partial charge in [-0.15, -0.1) is 4.98 Å². The molecule has 2 heterocycles. The van der Waals surface area contributed by atoms with Crippen LogP contribution in [0.1, 0.15) is 17.7 Å². The second kappa shape index (κ2) is 6.69. The van der Waals surface area contributed by atoms with Gasteiger partial charge in [0, 0.05) is 12.2 Å². The predicted octanol–water partition coefficient (Wildman–Crippen LogP) is 0.965. The molecule has 0 aliphatic carbocycles. The van der Waals surface area contributed by atoms with Gasteiger partial charge in [-0.2, -0.15) is 15.1 Å². The Morgan fingerprint density at radius 3 is 2.40 bits per heavy atom. The first-order valence-corrected chi connectivity index (χ1v) is 6.29. The predicted molar refractivity (Wildman–Crippen MR) is 73.1 cm³/mol. The Hall–Kier alpha value is -2.38. The van der Waals surface area contributed by atoms with Crippen molar-refractivity contribution < 1.29 is 9.47 Å². The summed E-state index contributed by atoms with van der Waals surface area (Å²) in [5.74, 6) is 0.442. The summed E-state index contributed by atoms with van der Waals surface area (Å²) in [6, 6.07) is 0.454. The number of aryl methyl sites for hydroxylation is 2. The van der Waals surface area contributed by atoms with E-state index in [1.54, 1.807) is 0 Å². The first-order valence-electron chi connectivity index (χ1n) is 6.29. The van der Waals surface area contributed by atoms with Crippen molar-refractivity contribution in [3.8, 4) is 12.0 Å². The number of nitrogens with one attached hydrogen (secondary N) is 2. The third-order valence-electron chi connectivity index (χ3n) is 2.80. The van der Waals surface area contributed by atoms with E-state index in [1.807, 2.05) is 13.1 Å². The van der Waals surface area contributed by atoms with Crippen LogP contribution in [0.4, 0.5) is 5.95 Å². The Morgan fingerprint density at radius 1 is 1.15 bits per heavy atom. The summed E-state index contributed by atoms with van der Waals surface area (Å²) in [4.78, 5) is 12.1. The molecule has 0 unspecified atom stereocenters. The van der Waals surface area contributed by atoms with Crippen molar-refractivity contribution in [1.82, 2.24) is 25.1 Å². The fourth-order valence-corrected chi connectivity index (χ4v) is 1.71. The second-order valence-corrected chi connectivity index (χ2v) is 4.18. The van der Waals surface area contributed by atoms with Gasteiger partial charge in [-0.1, -0.05) is 0 Å². The number of rotatable bonds is 7. The molecule has 0 aliphatic heterocycles. The van der Waals surface area contributed by atoms with E-state index in [2.05, 4.69) is 30.5 Å². The topological polar surface area (TPSA) is 97.8 Å². The minimum Gasteiger partial charge on any atom is -0.467 e. The van der Waals surface area contributed by atoms with E-state index in [9.17, 15) is 0 Å². The van der Waals surface area contributed by atoms with Gasteiger partial charge in [0.1, 0.15) is 0 Å². The van der Waals surface area contributed by atoms with E-state index in [-0.39, 0.29) is 12.0 Å². The molecule has 2 aromatic heterocycles. The van der Waals surface area contributed by atoms with Crippen LogP contribution in [0.5, 0.6) is 12.0 Å². The Labute approximate surface area is 117 Å². The van der Waals surface area contributed by atoms with Crippen LogP contribution in [0.25, 0.3) is 0 Å². The van der Waals surface area contributed by atoms with Crippen molar-refractivity contribution in [3.05, 3.63) is 17.5 Å². The quantitative estimate of drug-likeness (QED) is 0.728. The summed E-state index contributed by atoms with van der Waals surface area (Å²) in [5.41, 5.74) is 2.33. The van der Waals surface area contributed by atoms with E-state index < -0.39 is 0 Å². The SMILES string of the molecule is COc1nc(NCCCc2cn[nH]c2C)nc(OC)n1. The lowest BCUT2D eigenvalue weighted by atomic mass is 10.1. The van der Waals surface area contributed by atoms with Crippen LogP contribution in [0.3, 0.4) is 0 Å². The van der Waals surface area contributed by atoms with Crippen molar-refractivity contribution >= 4 is 5.95 Å². The Morgan fingerprint density at radius 2 is 1.85 bits per heavy atom. The monoisotopic (exact) mass is 278 g/mol. The van der Waals surface area contributed by atoms with Gasteiger partial charge in [0.05, 0.1) is 20.4 Å². The van der Waals surface area contributed by atoms with Crippen molar-refractivity contribution in [1.29, 1.82) is 0 Å². The number of hydrogen-bond acceptors (Lipinski definition) is 7. The molecule has 0 bridgehead atoms. The van der Waals surface area contributed by atoms with E-state index in [0.29, 0.717) is 5.95 Å². The molecular weight excluding hydrogens is 260 g/mol. The molecule has 0 spiro atoms. The van der Waals surface area contributed by atoms with Crippen LogP contribution in [0.2, 0.25) is 0 Å². The van der Waals surface area contributed by atoms with E-state index in [4.69, 9.17) is 9.47 Å². The average Bonchev–Trinajstić information content (AvgIpc) is 2.88. The number of methoxy groups -OCH3 is 2. The molecule has 108 valence electrons. The maximum absolute atomic E-state index is 4.98. The number of nitrogens with zero attached hydrogens (tertiary/aromatic N) is 4. The summed E-state index contributed by atoms with van der Waals surface area (Å²) < 4.78 is 9.97. The molecule has 0 saturated carbocycles. The van der Waals surface area contributed by atoms with Crippen molar-refractivity contribution in [3.63, 3.8) is 0 Å². The van der Waals surface area contributed by atoms with Crippen LogP contribution < -0.4 is 14.8 Å². The highest BCUT2D eigenvalue weighted by atomic mass is 16.5. The molecule has 2 rings (SSSR count). The van der Waals surface area contributed by atoms with Gasteiger partial charge >= 0.3 is 12.0 Å². The zero-order chi connectivity index (χ0) is 14.4. The van der Waals surface area contributed by atoms with Gasteiger partial charge in [0.15, 0.2) is 0 Å². The largest absolute Gasteiger partial charge is 0.467 e. The first kappa shape index (κ1) is 14.0. The number of anilines is 1. The zero-order valence-electron chi connectivity index (χ0n) is 11.8. The summed E-state index contributed by atoms with van der Waals surface area (Å²) in [6.07, 6.45) is 3.73. The molecule has 20 heavy (non-hydrogen) atoms. The Kier molecular flexibility index (Phi) is 4.70. The van der Waals surface area contributed by atoms with Crippen LogP contribution in [-0.4, -0.2) is 45.9 Å². The normalized spacial score (nSPS) is 10.3. The lowest BCUT2D eigenvalue weighted by Gasteiger charge is -2.07. The molecule has 0 fully saturated rings. The lowest BCUT2D eigenvalue weighted by Crippen LogP contribution is -2.09.